The molecule has 30 heavy (non-hydrogen) atoms. The topological polar surface area (TPSA) is 107 Å². The van der Waals surface area contributed by atoms with Gasteiger partial charge in [0.15, 0.2) is 6.10 Å². The molecule has 1 atom stereocenters. The molecule has 1 aromatic carbocycles. The predicted octanol–water partition coefficient (Wildman–Crippen LogP) is 2.08. The molecule has 0 unspecified atom stereocenters. The molecule has 4 rings (SSSR count). The summed E-state index contributed by atoms with van der Waals surface area (Å²) in [5, 5.41) is 4.13. The monoisotopic (exact) mass is 407 g/mol. The van der Waals surface area contributed by atoms with Crippen LogP contribution < -0.4 is 4.90 Å². The molecule has 0 fully saturated rings. The number of esters is 1. The van der Waals surface area contributed by atoms with E-state index in [1.165, 1.54) is 18.4 Å². The third-order valence-corrected chi connectivity index (χ3v) is 5.09. The molecular weight excluding hydrogens is 386 g/mol. The van der Waals surface area contributed by atoms with E-state index in [9.17, 15) is 14.4 Å². The fraction of sp³-hybridized carbons (Fsp3) is 0.333. The highest BCUT2D eigenvalue weighted by Gasteiger charge is 2.27. The van der Waals surface area contributed by atoms with Crippen molar-refractivity contribution in [2.24, 2.45) is 0 Å². The lowest BCUT2D eigenvalue weighted by Crippen LogP contribution is -2.26. The van der Waals surface area contributed by atoms with Crippen molar-refractivity contribution in [3.63, 3.8) is 0 Å². The number of amides is 1. The maximum Gasteiger partial charge on any atom is 0.379 e. The van der Waals surface area contributed by atoms with Crippen LogP contribution >= 0.6 is 0 Å². The summed E-state index contributed by atoms with van der Waals surface area (Å²) >= 11 is 0. The molecule has 0 bridgehead atoms. The van der Waals surface area contributed by atoms with Crippen molar-refractivity contribution in [1.29, 1.82) is 0 Å². The predicted molar refractivity (Wildman–Crippen MR) is 108 cm³/mol. The molecule has 3 heterocycles. The van der Waals surface area contributed by atoms with Gasteiger partial charge in [-0.2, -0.15) is 4.98 Å². The molecule has 9 heteroatoms. The zero-order chi connectivity index (χ0) is 21.6. The zero-order valence-corrected chi connectivity index (χ0v) is 17.2. The number of Topliss-reactive ketones (excluding diaryl/α,β-unsaturated/α-hetero) is 1. The van der Waals surface area contributed by atoms with Gasteiger partial charge in [-0.1, -0.05) is 0 Å². The number of aromatic nitrogens is 4. The number of aryl methyl sites for hydroxylation is 2. The summed E-state index contributed by atoms with van der Waals surface area (Å²) in [7, 11) is 0. The van der Waals surface area contributed by atoms with E-state index in [-0.39, 0.29) is 17.5 Å². The number of hydrogen-bond acceptors (Lipinski definition) is 7. The summed E-state index contributed by atoms with van der Waals surface area (Å²) in [6.45, 7) is 7.28. The van der Waals surface area contributed by atoms with Crippen LogP contribution in [-0.4, -0.2) is 49.9 Å². The van der Waals surface area contributed by atoms with Crippen molar-refractivity contribution in [2.75, 3.05) is 11.4 Å². The van der Waals surface area contributed by atoms with Gasteiger partial charge in [-0.25, -0.2) is 14.3 Å². The Morgan fingerprint density at radius 1 is 1.13 bits per heavy atom. The van der Waals surface area contributed by atoms with E-state index < -0.39 is 12.1 Å². The Morgan fingerprint density at radius 3 is 2.63 bits per heavy atom. The first-order valence-electron chi connectivity index (χ1n) is 9.62. The molecule has 0 N–H and O–H groups in total. The van der Waals surface area contributed by atoms with Crippen molar-refractivity contribution < 1.29 is 19.1 Å². The van der Waals surface area contributed by atoms with Crippen LogP contribution in [-0.2, 0) is 16.0 Å². The van der Waals surface area contributed by atoms with Gasteiger partial charge < -0.3 is 9.64 Å². The Hall–Kier alpha value is -3.62. The maximum atomic E-state index is 12.8. The average molecular weight is 407 g/mol. The van der Waals surface area contributed by atoms with Gasteiger partial charge in [0.2, 0.25) is 11.7 Å². The molecule has 1 aliphatic rings. The fourth-order valence-corrected chi connectivity index (χ4v) is 3.64. The second kappa shape index (κ2) is 7.33. The van der Waals surface area contributed by atoms with Crippen LogP contribution in [0.5, 0.6) is 0 Å². The average Bonchev–Trinajstić information content (AvgIpc) is 3.31. The van der Waals surface area contributed by atoms with Crippen LogP contribution in [0.15, 0.2) is 24.3 Å². The summed E-state index contributed by atoms with van der Waals surface area (Å²) in [5.41, 5.74) is 3.71. The maximum absolute atomic E-state index is 12.8. The van der Waals surface area contributed by atoms with Crippen LogP contribution in [0.3, 0.4) is 0 Å². The summed E-state index contributed by atoms with van der Waals surface area (Å²) < 4.78 is 6.77. The molecule has 0 saturated heterocycles. The summed E-state index contributed by atoms with van der Waals surface area (Å²) in [6, 6.07) is 6.98. The molecule has 9 nitrogen and oxygen atoms in total. The molecular formula is C21H21N5O4. The van der Waals surface area contributed by atoms with E-state index in [0.29, 0.717) is 24.3 Å². The number of rotatable bonds is 4. The number of fused-ring (bicyclic) bond motifs is 2. The van der Waals surface area contributed by atoms with Crippen LogP contribution in [0, 0.1) is 13.8 Å². The minimum absolute atomic E-state index is 0.0324. The zero-order valence-electron chi connectivity index (χ0n) is 17.2. The summed E-state index contributed by atoms with van der Waals surface area (Å²) in [4.78, 5) is 47.0. The van der Waals surface area contributed by atoms with Gasteiger partial charge in [-0.15, -0.1) is 5.10 Å². The van der Waals surface area contributed by atoms with Crippen LogP contribution in [0.1, 0.15) is 51.8 Å². The van der Waals surface area contributed by atoms with E-state index in [4.69, 9.17) is 4.74 Å². The van der Waals surface area contributed by atoms with E-state index in [2.05, 4.69) is 15.1 Å². The van der Waals surface area contributed by atoms with Gasteiger partial charge in [0.25, 0.3) is 11.6 Å². The van der Waals surface area contributed by atoms with Gasteiger partial charge in [0.1, 0.15) is 0 Å². The molecule has 0 spiro atoms. The van der Waals surface area contributed by atoms with E-state index in [0.717, 1.165) is 22.6 Å². The number of carbonyl (C=O) groups is 3. The van der Waals surface area contributed by atoms with Crippen molar-refractivity contribution >= 4 is 29.1 Å². The minimum Gasteiger partial charge on any atom is -0.448 e. The number of nitrogens with zero attached hydrogens (tertiary/aromatic N) is 5. The lowest BCUT2D eigenvalue weighted by molar-refractivity contribution is -0.116. The first-order valence-corrected chi connectivity index (χ1v) is 9.62. The van der Waals surface area contributed by atoms with Crippen LogP contribution in [0.25, 0.3) is 5.78 Å². The van der Waals surface area contributed by atoms with Gasteiger partial charge in [-0.3, -0.25) is 9.59 Å². The fourth-order valence-electron chi connectivity index (χ4n) is 3.64. The Kier molecular flexibility index (Phi) is 4.81. The van der Waals surface area contributed by atoms with Gasteiger partial charge in [0.05, 0.1) is 0 Å². The summed E-state index contributed by atoms with van der Waals surface area (Å²) in [6.07, 6.45) is -0.329. The highest BCUT2D eigenvalue weighted by molar-refractivity contribution is 6.02. The molecule has 3 aromatic rings. The molecule has 0 aliphatic carbocycles. The number of ketones is 1. The van der Waals surface area contributed by atoms with Gasteiger partial charge >= 0.3 is 5.97 Å². The van der Waals surface area contributed by atoms with Crippen molar-refractivity contribution in [3.05, 3.63) is 52.6 Å². The van der Waals surface area contributed by atoms with Gasteiger partial charge in [0, 0.05) is 36.1 Å². The third kappa shape index (κ3) is 3.42. The number of hydrogen-bond donors (Lipinski definition) is 0. The van der Waals surface area contributed by atoms with E-state index >= 15 is 0 Å². The molecule has 0 radical (unpaired) electrons. The number of carbonyl (C=O) groups excluding carboxylic acids is 3. The standard InChI is InChI=1S/C21H21N5O4/c1-11-9-12(2)26-21(22-11)23-19(24-26)20(29)30-13(3)18(28)16-5-6-17-15(10-16)7-8-25(17)14(4)27/h5-6,9-10,13H,7-8H2,1-4H3/t13-/m1/s1. The quantitative estimate of drug-likeness (QED) is 0.481. The number of anilines is 1. The first-order chi connectivity index (χ1) is 14.2. The van der Waals surface area contributed by atoms with E-state index in [1.807, 2.05) is 19.9 Å². The minimum atomic E-state index is -1.01. The summed E-state index contributed by atoms with van der Waals surface area (Å²) in [5.74, 6) is -1.01. The third-order valence-electron chi connectivity index (χ3n) is 5.09. The SMILES string of the molecule is CC(=O)N1CCc2cc(C(=O)[C@@H](C)OC(=O)c3nc4nc(C)cc(C)n4n3)ccc21. The number of benzene rings is 1. The molecule has 0 saturated carbocycles. The molecule has 154 valence electrons. The lowest BCUT2D eigenvalue weighted by atomic mass is 10.0. The Labute approximate surface area is 172 Å². The van der Waals surface area contributed by atoms with Crippen LogP contribution in [0.4, 0.5) is 5.69 Å². The molecule has 2 aromatic heterocycles. The Balaban J connectivity index is 1.51. The molecule has 1 amide bonds. The molecule has 1 aliphatic heterocycles. The van der Waals surface area contributed by atoms with E-state index in [1.54, 1.807) is 23.1 Å². The Morgan fingerprint density at radius 2 is 1.90 bits per heavy atom. The van der Waals surface area contributed by atoms with Gasteiger partial charge in [-0.05, 0) is 57.0 Å². The number of ether oxygens (including phenoxy) is 1. The lowest BCUT2D eigenvalue weighted by Gasteiger charge is -2.15. The highest BCUT2D eigenvalue weighted by Crippen LogP contribution is 2.29. The first kappa shape index (κ1) is 19.7. The van der Waals surface area contributed by atoms with Crippen molar-refractivity contribution in [1.82, 2.24) is 19.6 Å². The highest BCUT2D eigenvalue weighted by atomic mass is 16.5. The van der Waals surface area contributed by atoms with Crippen LogP contribution in [0.2, 0.25) is 0 Å². The Bertz CT molecular complexity index is 1200. The van der Waals surface area contributed by atoms with Crippen molar-refractivity contribution in [2.45, 2.75) is 40.2 Å². The largest absolute Gasteiger partial charge is 0.448 e. The second-order valence-corrected chi connectivity index (χ2v) is 7.36. The normalized spacial score (nSPS) is 13.9. The second-order valence-electron chi connectivity index (χ2n) is 7.36. The smallest absolute Gasteiger partial charge is 0.379 e. The van der Waals surface area contributed by atoms with Crippen molar-refractivity contribution in [3.8, 4) is 0 Å².